The molecule has 0 aliphatic carbocycles. The first kappa shape index (κ1) is 24.6. The molecule has 0 saturated carbocycles. The second-order valence-corrected chi connectivity index (χ2v) is 14.2. The Labute approximate surface area is 201 Å². The molecule has 0 amide bonds. The van der Waals surface area contributed by atoms with Crippen LogP contribution in [0.5, 0.6) is 0 Å². The van der Waals surface area contributed by atoms with E-state index in [9.17, 15) is 5.11 Å². The molecule has 1 unspecified atom stereocenters. The van der Waals surface area contributed by atoms with E-state index in [0.29, 0.717) is 6.61 Å². The van der Waals surface area contributed by atoms with Crippen molar-refractivity contribution in [3.63, 3.8) is 0 Å². The van der Waals surface area contributed by atoms with Crippen molar-refractivity contribution in [2.75, 3.05) is 11.9 Å². The van der Waals surface area contributed by atoms with Gasteiger partial charge in [0.1, 0.15) is 10.4 Å². The monoisotopic (exact) mass is 512 g/mol. The van der Waals surface area contributed by atoms with Gasteiger partial charge in [-0.2, -0.15) is 0 Å². The van der Waals surface area contributed by atoms with Crippen LogP contribution in [0.3, 0.4) is 0 Å². The van der Waals surface area contributed by atoms with E-state index in [1.807, 2.05) is 19.1 Å². The predicted octanol–water partition coefficient (Wildman–Crippen LogP) is 5.10. The van der Waals surface area contributed by atoms with Gasteiger partial charge in [-0.3, -0.25) is 0 Å². The van der Waals surface area contributed by atoms with Crippen LogP contribution < -0.4 is 15.7 Å². The molecule has 0 radical (unpaired) electrons. The lowest BCUT2D eigenvalue weighted by molar-refractivity contribution is 0.271. The normalized spacial score (nSPS) is 13.1. The van der Waals surface area contributed by atoms with Gasteiger partial charge in [-0.1, -0.05) is 88.4 Å². The van der Waals surface area contributed by atoms with E-state index in [4.69, 9.17) is 4.43 Å². The molecule has 0 spiro atoms. The van der Waals surface area contributed by atoms with Gasteiger partial charge in [0.05, 0.1) is 19.3 Å². The largest absolute Gasteiger partial charge is 0.403 e. The lowest BCUT2D eigenvalue weighted by Gasteiger charge is -2.43. The molecule has 0 bridgehead atoms. The van der Waals surface area contributed by atoms with Crippen LogP contribution >= 0.6 is 15.9 Å². The molecule has 170 valence electrons. The Morgan fingerprint density at radius 3 is 2.03 bits per heavy atom. The van der Waals surface area contributed by atoms with Gasteiger partial charge in [-0.05, 0) is 55.5 Å². The van der Waals surface area contributed by atoms with Crippen LogP contribution in [0, 0.1) is 0 Å². The molecule has 1 heterocycles. The van der Waals surface area contributed by atoms with Crippen LogP contribution in [0.15, 0.2) is 77.4 Å². The molecular formula is C26H33BrN2O2Si. The van der Waals surface area contributed by atoms with Crippen LogP contribution in [-0.4, -0.2) is 31.1 Å². The van der Waals surface area contributed by atoms with Crippen molar-refractivity contribution < 1.29 is 9.53 Å². The van der Waals surface area contributed by atoms with Gasteiger partial charge >= 0.3 is 0 Å². The van der Waals surface area contributed by atoms with Crippen molar-refractivity contribution in [1.29, 1.82) is 0 Å². The lowest BCUT2D eigenvalue weighted by Crippen LogP contribution is -2.66. The van der Waals surface area contributed by atoms with Crippen LogP contribution in [0.25, 0.3) is 0 Å². The number of aliphatic hydroxyl groups is 1. The van der Waals surface area contributed by atoms with Gasteiger partial charge in [-0.25, -0.2) is 4.98 Å². The highest BCUT2D eigenvalue weighted by Crippen LogP contribution is 2.37. The first-order chi connectivity index (χ1) is 15.3. The van der Waals surface area contributed by atoms with Gasteiger partial charge in [0.15, 0.2) is 0 Å². The van der Waals surface area contributed by atoms with Crippen molar-refractivity contribution in [3.05, 3.63) is 83.0 Å². The summed E-state index contributed by atoms with van der Waals surface area (Å²) >= 11 is 3.54. The van der Waals surface area contributed by atoms with E-state index < -0.39 is 8.32 Å². The number of hydrogen-bond donors (Lipinski definition) is 2. The standard InChI is InChI=1S/C26H33BrN2O2Si/c1-5-21(18-30)28-25-17-20(16-24(27)29-25)19-31-32(26(2,3)4,22-12-8-6-9-13-22)23-14-10-7-11-15-23/h6-17,21,30H,5,18-19H2,1-4H3,(H,28,29). The number of benzene rings is 2. The van der Waals surface area contributed by atoms with Crippen LogP contribution in [-0.2, 0) is 11.0 Å². The highest BCUT2D eigenvalue weighted by Gasteiger charge is 2.50. The Kier molecular flexibility index (Phi) is 8.28. The highest BCUT2D eigenvalue weighted by molar-refractivity contribution is 9.10. The molecule has 1 aromatic heterocycles. The van der Waals surface area contributed by atoms with Gasteiger partial charge in [-0.15, -0.1) is 0 Å². The summed E-state index contributed by atoms with van der Waals surface area (Å²) < 4.78 is 7.78. The number of aromatic nitrogens is 1. The minimum atomic E-state index is -2.61. The summed E-state index contributed by atoms with van der Waals surface area (Å²) in [7, 11) is -2.61. The lowest BCUT2D eigenvalue weighted by atomic mass is 10.2. The summed E-state index contributed by atoms with van der Waals surface area (Å²) in [5.74, 6) is 0.737. The second kappa shape index (κ2) is 10.7. The predicted molar refractivity (Wildman–Crippen MR) is 139 cm³/mol. The van der Waals surface area contributed by atoms with Crippen molar-refractivity contribution in [3.8, 4) is 0 Å². The number of aliphatic hydroxyl groups excluding tert-OH is 1. The SMILES string of the molecule is CCC(CO)Nc1cc(CO[Si](c2ccccc2)(c2ccccc2)C(C)(C)C)cc(Br)n1. The first-order valence-corrected chi connectivity index (χ1v) is 13.8. The molecule has 1 atom stereocenters. The number of pyridine rings is 1. The van der Waals surface area contributed by atoms with Crippen LogP contribution in [0.1, 0.15) is 39.7 Å². The van der Waals surface area contributed by atoms with E-state index in [2.05, 4.69) is 108 Å². The minimum absolute atomic E-state index is 0.0257. The molecule has 0 aliphatic rings. The van der Waals surface area contributed by atoms with E-state index in [1.54, 1.807) is 0 Å². The highest BCUT2D eigenvalue weighted by atomic mass is 79.9. The number of hydrogen-bond acceptors (Lipinski definition) is 4. The maximum Gasteiger partial charge on any atom is 0.261 e. The third-order valence-corrected chi connectivity index (χ3v) is 11.2. The fraction of sp³-hybridized carbons (Fsp3) is 0.346. The Balaban J connectivity index is 2.01. The number of nitrogens with one attached hydrogen (secondary N) is 1. The fourth-order valence-electron chi connectivity index (χ4n) is 4.15. The minimum Gasteiger partial charge on any atom is -0.403 e. The molecule has 0 saturated heterocycles. The second-order valence-electron chi connectivity index (χ2n) is 9.07. The Morgan fingerprint density at radius 2 is 1.56 bits per heavy atom. The summed E-state index contributed by atoms with van der Waals surface area (Å²) in [5, 5.41) is 15.3. The fourth-order valence-corrected chi connectivity index (χ4v) is 9.17. The van der Waals surface area contributed by atoms with E-state index in [1.165, 1.54) is 10.4 Å². The summed E-state index contributed by atoms with van der Waals surface area (Å²) in [6, 6.07) is 25.3. The first-order valence-electron chi connectivity index (χ1n) is 11.1. The molecular weight excluding hydrogens is 480 g/mol. The van der Waals surface area contributed by atoms with E-state index in [0.717, 1.165) is 22.4 Å². The van der Waals surface area contributed by atoms with Crippen LogP contribution in [0.4, 0.5) is 5.82 Å². The number of halogens is 1. The molecule has 6 heteroatoms. The van der Waals surface area contributed by atoms with Crippen molar-refractivity contribution in [2.24, 2.45) is 0 Å². The molecule has 3 aromatic rings. The molecule has 32 heavy (non-hydrogen) atoms. The van der Waals surface area contributed by atoms with Crippen molar-refractivity contribution in [1.82, 2.24) is 4.98 Å². The molecule has 4 nitrogen and oxygen atoms in total. The van der Waals surface area contributed by atoms with Gasteiger partial charge < -0.3 is 14.8 Å². The number of rotatable bonds is 9. The Morgan fingerprint density at radius 1 is 1.00 bits per heavy atom. The van der Waals surface area contributed by atoms with Crippen molar-refractivity contribution >= 4 is 40.4 Å². The summed E-state index contributed by atoms with van der Waals surface area (Å²) in [6.07, 6.45) is 0.818. The maximum absolute atomic E-state index is 9.56. The van der Waals surface area contributed by atoms with E-state index >= 15 is 0 Å². The molecule has 3 rings (SSSR count). The summed E-state index contributed by atoms with van der Waals surface area (Å²) in [6.45, 7) is 9.42. The van der Waals surface area contributed by atoms with E-state index in [-0.39, 0.29) is 17.7 Å². The zero-order chi connectivity index (χ0) is 23.2. The van der Waals surface area contributed by atoms with Gasteiger partial charge in [0, 0.05) is 0 Å². The van der Waals surface area contributed by atoms with Crippen LogP contribution in [0.2, 0.25) is 5.04 Å². The smallest absolute Gasteiger partial charge is 0.261 e. The Bertz CT molecular complexity index is 950. The molecule has 0 fully saturated rings. The molecule has 2 aromatic carbocycles. The number of nitrogens with zero attached hydrogens (tertiary/aromatic N) is 1. The topological polar surface area (TPSA) is 54.4 Å². The summed E-state index contributed by atoms with van der Waals surface area (Å²) in [5.41, 5.74) is 1.04. The maximum atomic E-state index is 9.56. The zero-order valence-electron chi connectivity index (χ0n) is 19.3. The molecule has 2 N–H and O–H groups in total. The quantitative estimate of drug-likeness (QED) is 0.309. The zero-order valence-corrected chi connectivity index (χ0v) is 21.9. The number of anilines is 1. The molecule has 0 aliphatic heterocycles. The van der Waals surface area contributed by atoms with Crippen molar-refractivity contribution in [2.45, 2.75) is 51.8 Å². The van der Waals surface area contributed by atoms with Gasteiger partial charge in [0.2, 0.25) is 0 Å². The third-order valence-electron chi connectivity index (χ3n) is 5.79. The third kappa shape index (κ3) is 5.49. The average molecular weight is 514 g/mol. The van der Waals surface area contributed by atoms with Gasteiger partial charge in [0.25, 0.3) is 8.32 Å². The Hall–Kier alpha value is -1.99. The summed E-state index contributed by atoms with van der Waals surface area (Å²) in [4.78, 5) is 4.53. The average Bonchev–Trinajstić information content (AvgIpc) is 2.78.